The van der Waals surface area contributed by atoms with Gasteiger partial charge in [0.25, 0.3) is 0 Å². The van der Waals surface area contributed by atoms with E-state index >= 15 is 0 Å². The Morgan fingerprint density at radius 2 is 2.19 bits per heavy atom. The molecule has 5 N–H and O–H groups in total. The third-order valence-corrected chi connectivity index (χ3v) is 2.79. The molecule has 1 rings (SSSR count). The van der Waals surface area contributed by atoms with E-state index < -0.39 is 5.82 Å². The van der Waals surface area contributed by atoms with Gasteiger partial charge in [-0.15, -0.1) is 0 Å². The maximum absolute atomic E-state index is 13.0. The Balaban J connectivity index is 2.51. The van der Waals surface area contributed by atoms with Crippen molar-refractivity contribution in [3.63, 3.8) is 0 Å². The van der Waals surface area contributed by atoms with E-state index in [0.717, 1.165) is 11.8 Å². The first-order chi connectivity index (χ1) is 7.49. The lowest BCUT2D eigenvalue weighted by molar-refractivity contribution is 0.627. The van der Waals surface area contributed by atoms with Gasteiger partial charge in [-0.3, -0.25) is 10.8 Å². The zero-order valence-electron chi connectivity index (χ0n) is 8.18. The maximum Gasteiger partial charge on any atom is 0.191 e. The molecule has 0 aromatic heterocycles. The maximum atomic E-state index is 13.0. The summed E-state index contributed by atoms with van der Waals surface area (Å²) in [6.45, 7) is 0. The van der Waals surface area contributed by atoms with Gasteiger partial charge in [0.1, 0.15) is 5.82 Å². The van der Waals surface area contributed by atoms with Gasteiger partial charge in [0, 0.05) is 5.75 Å². The highest BCUT2D eigenvalue weighted by Crippen LogP contribution is 2.19. The molecule has 0 bridgehead atoms. The minimum absolute atomic E-state index is 0.0443. The van der Waals surface area contributed by atoms with E-state index in [1.54, 1.807) is 6.07 Å². The number of benzene rings is 1. The van der Waals surface area contributed by atoms with Crippen molar-refractivity contribution in [2.24, 2.45) is 5.73 Å². The Hall–Kier alpha value is -1.27. The van der Waals surface area contributed by atoms with Gasteiger partial charge in [0.15, 0.2) is 11.1 Å². The number of rotatable bonds is 2. The molecule has 1 aromatic carbocycles. The van der Waals surface area contributed by atoms with Crippen LogP contribution in [0, 0.1) is 16.6 Å². The lowest BCUT2D eigenvalue weighted by Crippen LogP contribution is -2.33. The van der Waals surface area contributed by atoms with Crippen LogP contribution in [0.5, 0.6) is 0 Å². The molecule has 0 spiro atoms. The van der Waals surface area contributed by atoms with Crippen molar-refractivity contribution in [3.8, 4) is 0 Å². The number of nitrogens with two attached hydrogens (primary N) is 1. The highest BCUT2D eigenvalue weighted by Gasteiger charge is 2.03. The van der Waals surface area contributed by atoms with Crippen LogP contribution in [0.1, 0.15) is 5.56 Å². The Morgan fingerprint density at radius 3 is 2.75 bits per heavy atom. The predicted molar refractivity (Wildman–Crippen MR) is 65.5 cm³/mol. The first-order valence-electron chi connectivity index (χ1n) is 4.25. The molecule has 0 saturated carbocycles. The van der Waals surface area contributed by atoms with Gasteiger partial charge in [-0.1, -0.05) is 29.4 Å². The number of guanidine groups is 1. The minimum Gasteiger partial charge on any atom is -0.370 e. The quantitative estimate of drug-likeness (QED) is 0.485. The Bertz CT molecular complexity index is 424. The van der Waals surface area contributed by atoms with Crippen LogP contribution in [-0.4, -0.2) is 11.1 Å². The summed E-state index contributed by atoms with van der Waals surface area (Å²) in [4.78, 5) is 0. The van der Waals surface area contributed by atoms with Crippen molar-refractivity contribution in [2.75, 3.05) is 0 Å². The van der Waals surface area contributed by atoms with Crippen molar-refractivity contribution < 1.29 is 4.39 Å². The molecule has 0 radical (unpaired) electrons. The van der Waals surface area contributed by atoms with Crippen molar-refractivity contribution in [1.82, 2.24) is 5.32 Å². The van der Waals surface area contributed by atoms with Crippen molar-refractivity contribution in [1.29, 1.82) is 10.8 Å². The van der Waals surface area contributed by atoms with E-state index in [1.165, 1.54) is 12.1 Å². The van der Waals surface area contributed by atoms with E-state index in [0.29, 0.717) is 11.3 Å². The van der Waals surface area contributed by atoms with Gasteiger partial charge in [-0.25, -0.2) is 4.39 Å². The molecule has 0 aliphatic carbocycles. The normalized spacial score (nSPS) is 9.88. The second-order valence-electron chi connectivity index (χ2n) is 2.90. The van der Waals surface area contributed by atoms with Gasteiger partial charge in [-0.05, 0) is 17.7 Å². The summed E-state index contributed by atoms with van der Waals surface area (Å²) in [5.41, 5.74) is 5.76. The molecule has 0 amide bonds. The van der Waals surface area contributed by atoms with E-state index in [1.807, 2.05) is 0 Å². The molecule has 86 valence electrons. The first-order valence-corrected chi connectivity index (χ1v) is 5.61. The van der Waals surface area contributed by atoms with Crippen LogP contribution in [0.4, 0.5) is 4.39 Å². The zero-order chi connectivity index (χ0) is 12.1. The fourth-order valence-corrected chi connectivity index (χ4v) is 1.73. The van der Waals surface area contributed by atoms with Crippen LogP contribution in [0.2, 0.25) is 5.02 Å². The standard InChI is InChI=1S/C9H10ClFN4S/c10-6-2-1-5(3-7(6)11)4-16-9(14)15-8(12)13/h1-3H,4H2,(H5,12,13,14,15). The smallest absolute Gasteiger partial charge is 0.191 e. The molecule has 7 heteroatoms. The van der Waals surface area contributed by atoms with Crippen LogP contribution in [0.25, 0.3) is 0 Å². The summed E-state index contributed by atoms with van der Waals surface area (Å²) >= 11 is 6.65. The highest BCUT2D eigenvalue weighted by molar-refractivity contribution is 8.13. The SMILES string of the molecule is N=C(N)NC(=N)SCc1ccc(Cl)c(F)c1. The molecule has 0 saturated heterocycles. The third kappa shape index (κ3) is 4.08. The van der Waals surface area contributed by atoms with Gasteiger partial charge in [-0.2, -0.15) is 0 Å². The fraction of sp³-hybridized carbons (Fsp3) is 0.111. The van der Waals surface area contributed by atoms with Crippen LogP contribution >= 0.6 is 23.4 Å². The summed E-state index contributed by atoms with van der Waals surface area (Å²) in [7, 11) is 0. The number of halogens is 2. The van der Waals surface area contributed by atoms with Crippen molar-refractivity contribution in [3.05, 3.63) is 34.6 Å². The molecule has 4 nitrogen and oxygen atoms in total. The van der Waals surface area contributed by atoms with E-state index in [2.05, 4.69) is 5.32 Å². The molecule has 0 aliphatic rings. The molecule has 0 fully saturated rings. The van der Waals surface area contributed by atoms with Gasteiger partial charge in [0.2, 0.25) is 0 Å². The molecule has 0 unspecified atom stereocenters. The average Bonchev–Trinajstić information content (AvgIpc) is 2.19. The second kappa shape index (κ2) is 5.72. The monoisotopic (exact) mass is 260 g/mol. The van der Waals surface area contributed by atoms with Gasteiger partial charge in [0.05, 0.1) is 5.02 Å². The van der Waals surface area contributed by atoms with Crippen molar-refractivity contribution in [2.45, 2.75) is 5.75 Å². The minimum atomic E-state index is -0.481. The molecule has 0 heterocycles. The first kappa shape index (κ1) is 12.8. The summed E-state index contributed by atoms with van der Waals surface area (Å²) < 4.78 is 13.0. The van der Waals surface area contributed by atoms with E-state index in [-0.39, 0.29) is 16.1 Å². The molecule has 0 aliphatic heterocycles. The number of hydrogen-bond acceptors (Lipinski definition) is 3. The fourth-order valence-electron chi connectivity index (χ4n) is 0.943. The topological polar surface area (TPSA) is 85.8 Å². The molecular formula is C9H10ClFN4S. The van der Waals surface area contributed by atoms with E-state index in [9.17, 15) is 4.39 Å². The van der Waals surface area contributed by atoms with Crippen LogP contribution in [-0.2, 0) is 5.75 Å². The number of thioether (sulfide) groups is 1. The van der Waals surface area contributed by atoms with Gasteiger partial charge < -0.3 is 11.1 Å². The lowest BCUT2D eigenvalue weighted by atomic mass is 10.2. The molecular weight excluding hydrogens is 251 g/mol. The summed E-state index contributed by atoms with van der Waals surface area (Å²) in [6, 6.07) is 4.46. The average molecular weight is 261 g/mol. The Morgan fingerprint density at radius 1 is 1.50 bits per heavy atom. The molecule has 0 atom stereocenters. The lowest BCUT2D eigenvalue weighted by Gasteiger charge is -2.05. The summed E-state index contributed by atoms with van der Waals surface area (Å²) in [5.74, 6) is -0.363. The Labute approximate surface area is 101 Å². The summed E-state index contributed by atoms with van der Waals surface area (Å²) in [5, 5.41) is 16.7. The Kier molecular flexibility index (Phi) is 4.57. The number of hydrogen-bond donors (Lipinski definition) is 4. The number of amidine groups is 1. The van der Waals surface area contributed by atoms with Crippen LogP contribution < -0.4 is 11.1 Å². The number of nitrogens with one attached hydrogen (secondary N) is 3. The molecule has 1 aromatic rings. The van der Waals surface area contributed by atoms with Crippen LogP contribution in [0.15, 0.2) is 18.2 Å². The summed E-state index contributed by atoms with van der Waals surface area (Å²) in [6.07, 6.45) is 0. The highest BCUT2D eigenvalue weighted by atomic mass is 35.5. The molecule has 16 heavy (non-hydrogen) atoms. The predicted octanol–water partition coefficient (Wildman–Crippen LogP) is 2.13. The second-order valence-corrected chi connectivity index (χ2v) is 4.30. The zero-order valence-corrected chi connectivity index (χ0v) is 9.75. The largest absolute Gasteiger partial charge is 0.370 e. The van der Waals surface area contributed by atoms with Crippen LogP contribution in [0.3, 0.4) is 0 Å². The van der Waals surface area contributed by atoms with Gasteiger partial charge >= 0.3 is 0 Å². The van der Waals surface area contributed by atoms with E-state index in [4.69, 9.17) is 28.2 Å². The van der Waals surface area contributed by atoms with Crippen molar-refractivity contribution >= 4 is 34.5 Å². The third-order valence-electron chi connectivity index (χ3n) is 1.62.